The summed E-state index contributed by atoms with van der Waals surface area (Å²) in [6.45, 7) is 3.88. The Labute approximate surface area is 172 Å². The third-order valence-corrected chi connectivity index (χ3v) is 5.88. The highest BCUT2D eigenvalue weighted by Gasteiger charge is 2.36. The predicted molar refractivity (Wildman–Crippen MR) is 109 cm³/mol. The Morgan fingerprint density at radius 2 is 1.90 bits per heavy atom. The first-order valence-electron chi connectivity index (χ1n) is 10.5. The summed E-state index contributed by atoms with van der Waals surface area (Å²) < 4.78 is 16.2. The van der Waals surface area contributed by atoms with Crippen LogP contribution in [0.5, 0.6) is 11.5 Å². The minimum Gasteiger partial charge on any atom is -0.497 e. The van der Waals surface area contributed by atoms with Gasteiger partial charge in [0.1, 0.15) is 17.5 Å². The Morgan fingerprint density at radius 1 is 1.07 bits per heavy atom. The summed E-state index contributed by atoms with van der Waals surface area (Å²) >= 11 is 0. The molecular formula is C22H32N2O5. The molecule has 7 heteroatoms. The van der Waals surface area contributed by atoms with Crippen molar-refractivity contribution in [2.45, 2.75) is 51.1 Å². The van der Waals surface area contributed by atoms with E-state index >= 15 is 0 Å². The van der Waals surface area contributed by atoms with Gasteiger partial charge in [-0.1, -0.05) is 0 Å². The minimum atomic E-state index is -0.455. The molecule has 3 rings (SSSR count). The number of hydrogen-bond donors (Lipinski definition) is 0. The van der Waals surface area contributed by atoms with Crippen molar-refractivity contribution in [1.29, 1.82) is 0 Å². The zero-order valence-electron chi connectivity index (χ0n) is 17.7. The molecule has 2 aliphatic rings. The van der Waals surface area contributed by atoms with Crippen LogP contribution in [0.25, 0.3) is 0 Å². The Morgan fingerprint density at radius 3 is 2.62 bits per heavy atom. The number of rotatable bonds is 7. The number of carbonyl (C=O) groups is 2. The van der Waals surface area contributed by atoms with E-state index in [9.17, 15) is 9.59 Å². The van der Waals surface area contributed by atoms with Gasteiger partial charge >= 0.3 is 5.97 Å². The topological polar surface area (TPSA) is 68.3 Å². The van der Waals surface area contributed by atoms with Crippen molar-refractivity contribution in [3.8, 4) is 11.5 Å². The lowest BCUT2D eigenvalue weighted by Crippen LogP contribution is -2.51. The molecule has 1 amide bonds. The largest absolute Gasteiger partial charge is 0.497 e. The summed E-state index contributed by atoms with van der Waals surface area (Å²) in [6.07, 6.45) is 4.52. The van der Waals surface area contributed by atoms with Crippen molar-refractivity contribution in [2.24, 2.45) is 0 Å². The second kappa shape index (κ2) is 9.96. The molecule has 1 aromatic carbocycles. The molecule has 7 nitrogen and oxygen atoms in total. The van der Waals surface area contributed by atoms with Crippen LogP contribution in [0.15, 0.2) is 18.2 Å². The van der Waals surface area contributed by atoms with Crippen LogP contribution < -0.4 is 9.47 Å². The maximum absolute atomic E-state index is 13.1. The summed E-state index contributed by atoms with van der Waals surface area (Å²) in [4.78, 5) is 29.4. The first kappa shape index (κ1) is 21.4. The second-order valence-electron chi connectivity index (χ2n) is 7.59. The molecule has 1 aromatic rings. The molecule has 2 atom stereocenters. The van der Waals surface area contributed by atoms with Crippen molar-refractivity contribution in [3.63, 3.8) is 0 Å². The van der Waals surface area contributed by atoms with E-state index in [1.54, 1.807) is 26.0 Å². The molecule has 2 heterocycles. The number of methoxy groups -OCH3 is 2. The molecule has 160 valence electrons. The summed E-state index contributed by atoms with van der Waals surface area (Å²) in [5.41, 5.74) is 1.04. The van der Waals surface area contributed by atoms with E-state index in [0.29, 0.717) is 26.1 Å². The number of ether oxygens (including phenoxy) is 3. The van der Waals surface area contributed by atoms with E-state index in [2.05, 4.69) is 4.90 Å². The van der Waals surface area contributed by atoms with Gasteiger partial charge in [-0.15, -0.1) is 0 Å². The molecule has 0 aliphatic carbocycles. The molecule has 2 fully saturated rings. The standard InChI is InChI=1S/C22H32N2O5/c1-4-29-22(26)19-8-5-6-13-24(19)21(25)15-23-12-7-9-18(23)17-14-16(27-2)10-11-20(17)28-3/h10-11,14,18-19H,4-9,12-13,15H2,1-3H3/t18-,19+/m0/s1. The van der Waals surface area contributed by atoms with E-state index in [-0.39, 0.29) is 17.9 Å². The molecule has 0 N–H and O–H groups in total. The van der Waals surface area contributed by atoms with Gasteiger partial charge in [0.2, 0.25) is 5.91 Å². The molecule has 0 spiro atoms. The highest BCUT2D eigenvalue weighted by Crippen LogP contribution is 2.38. The average Bonchev–Trinajstić information content (AvgIpc) is 3.21. The zero-order valence-corrected chi connectivity index (χ0v) is 17.7. The number of hydrogen-bond acceptors (Lipinski definition) is 6. The molecule has 29 heavy (non-hydrogen) atoms. The van der Waals surface area contributed by atoms with Crippen molar-refractivity contribution < 1.29 is 23.8 Å². The number of likely N-dealkylation sites (tertiary alicyclic amines) is 2. The van der Waals surface area contributed by atoms with Gasteiger partial charge in [-0.2, -0.15) is 0 Å². The van der Waals surface area contributed by atoms with Gasteiger partial charge < -0.3 is 19.1 Å². The van der Waals surface area contributed by atoms with Gasteiger partial charge in [-0.25, -0.2) is 4.79 Å². The van der Waals surface area contributed by atoms with Gasteiger partial charge in [0.15, 0.2) is 0 Å². The van der Waals surface area contributed by atoms with Crippen molar-refractivity contribution in [1.82, 2.24) is 9.80 Å². The molecule has 0 bridgehead atoms. The summed E-state index contributed by atoms with van der Waals surface area (Å²) in [5.74, 6) is 1.29. The fraction of sp³-hybridized carbons (Fsp3) is 0.636. The third kappa shape index (κ3) is 4.83. The van der Waals surface area contributed by atoms with Crippen LogP contribution in [-0.2, 0) is 14.3 Å². The average molecular weight is 405 g/mol. The molecular weight excluding hydrogens is 372 g/mol. The normalized spacial score (nSPS) is 22.4. The zero-order chi connectivity index (χ0) is 20.8. The first-order chi connectivity index (χ1) is 14.1. The minimum absolute atomic E-state index is 0.00323. The Kier molecular flexibility index (Phi) is 7.36. The Bertz CT molecular complexity index is 723. The number of nitrogens with zero attached hydrogens (tertiary/aromatic N) is 2. The monoisotopic (exact) mass is 404 g/mol. The number of benzene rings is 1. The summed E-state index contributed by atoms with van der Waals surface area (Å²) in [6, 6.07) is 5.42. The van der Waals surface area contributed by atoms with Crippen LogP contribution in [0.1, 0.15) is 50.6 Å². The van der Waals surface area contributed by atoms with E-state index in [1.165, 1.54) is 0 Å². The van der Waals surface area contributed by atoms with Crippen molar-refractivity contribution in [3.05, 3.63) is 23.8 Å². The lowest BCUT2D eigenvalue weighted by molar-refractivity contribution is -0.157. The molecule has 0 aromatic heterocycles. The first-order valence-corrected chi connectivity index (χ1v) is 10.5. The number of esters is 1. The lowest BCUT2D eigenvalue weighted by atomic mass is 10.0. The van der Waals surface area contributed by atoms with Gasteiger partial charge in [0, 0.05) is 18.2 Å². The maximum atomic E-state index is 13.1. The van der Waals surface area contributed by atoms with E-state index in [0.717, 1.165) is 49.3 Å². The van der Waals surface area contributed by atoms with E-state index in [1.807, 2.05) is 18.2 Å². The smallest absolute Gasteiger partial charge is 0.328 e. The fourth-order valence-electron chi connectivity index (χ4n) is 4.45. The SMILES string of the molecule is CCOC(=O)[C@H]1CCCCN1C(=O)CN1CCC[C@H]1c1cc(OC)ccc1OC. The van der Waals surface area contributed by atoms with Gasteiger partial charge in [-0.05, 0) is 63.8 Å². The number of carbonyl (C=O) groups excluding carboxylic acids is 2. The van der Waals surface area contributed by atoms with Crippen molar-refractivity contribution >= 4 is 11.9 Å². The highest BCUT2D eigenvalue weighted by molar-refractivity contribution is 5.86. The van der Waals surface area contributed by atoms with E-state index in [4.69, 9.17) is 14.2 Å². The lowest BCUT2D eigenvalue weighted by Gasteiger charge is -2.36. The van der Waals surface area contributed by atoms with Crippen LogP contribution in [0.3, 0.4) is 0 Å². The summed E-state index contributed by atoms with van der Waals surface area (Å²) in [5, 5.41) is 0. The number of amides is 1. The Balaban J connectivity index is 1.75. The van der Waals surface area contributed by atoms with Gasteiger partial charge in [0.05, 0.1) is 27.4 Å². The quantitative estimate of drug-likeness (QED) is 0.651. The van der Waals surface area contributed by atoms with E-state index < -0.39 is 6.04 Å². The molecule has 0 unspecified atom stereocenters. The molecule has 0 saturated carbocycles. The Hall–Kier alpha value is -2.28. The maximum Gasteiger partial charge on any atom is 0.328 e. The van der Waals surface area contributed by atoms with Crippen LogP contribution in [0, 0.1) is 0 Å². The van der Waals surface area contributed by atoms with Crippen molar-refractivity contribution in [2.75, 3.05) is 40.5 Å². The molecule has 2 aliphatic heterocycles. The highest BCUT2D eigenvalue weighted by atomic mass is 16.5. The van der Waals surface area contributed by atoms with Crippen LogP contribution in [0.2, 0.25) is 0 Å². The predicted octanol–water partition coefficient (Wildman–Crippen LogP) is 2.78. The van der Waals surface area contributed by atoms with Crippen LogP contribution >= 0.6 is 0 Å². The third-order valence-electron chi connectivity index (χ3n) is 5.88. The van der Waals surface area contributed by atoms with Gasteiger partial charge in [-0.3, -0.25) is 9.69 Å². The molecule has 0 radical (unpaired) electrons. The second-order valence-corrected chi connectivity index (χ2v) is 7.59. The van der Waals surface area contributed by atoms with Gasteiger partial charge in [0.25, 0.3) is 0 Å². The molecule has 2 saturated heterocycles. The van der Waals surface area contributed by atoms with Crippen LogP contribution in [-0.4, -0.2) is 68.2 Å². The van der Waals surface area contributed by atoms with Crippen LogP contribution in [0.4, 0.5) is 0 Å². The summed E-state index contributed by atoms with van der Waals surface area (Å²) in [7, 11) is 3.31. The fourth-order valence-corrected chi connectivity index (χ4v) is 4.45. The number of piperidine rings is 1.